The minimum atomic E-state index is -0.380. The Balaban J connectivity index is 1.95. The molecule has 1 aromatic heterocycles. The SMILES string of the molecule is CCOC(=O)CN1CC(C(C)C)n2nc(-c3ccc(C)cc3)cc2C1=O. The van der Waals surface area contributed by atoms with Gasteiger partial charge in [-0.05, 0) is 25.8 Å². The van der Waals surface area contributed by atoms with Gasteiger partial charge in [-0.15, -0.1) is 0 Å². The van der Waals surface area contributed by atoms with Crippen LogP contribution < -0.4 is 0 Å². The lowest BCUT2D eigenvalue weighted by Gasteiger charge is -2.34. The summed E-state index contributed by atoms with van der Waals surface area (Å²) in [6, 6.07) is 9.92. The molecule has 0 bridgehead atoms. The van der Waals surface area contributed by atoms with E-state index in [1.807, 2.05) is 41.9 Å². The second kappa shape index (κ2) is 7.32. The summed E-state index contributed by atoms with van der Waals surface area (Å²) in [5.41, 5.74) is 3.45. The molecule has 6 nitrogen and oxygen atoms in total. The van der Waals surface area contributed by atoms with E-state index in [1.165, 1.54) is 5.56 Å². The molecule has 0 aliphatic carbocycles. The van der Waals surface area contributed by atoms with E-state index >= 15 is 0 Å². The Morgan fingerprint density at radius 3 is 2.62 bits per heavy atom. The number of amides is 1. The fourth-order valence-electron chi connectivity index (χ4n) is 3.21. The van der Waals surface area contributed by atoms with Gasteiger partial charge in [0.2, 0.25) is 0 Å². The number of benzene rings is 1. The Hall–Kier alpha value is -2.63. The molecule has 1 atom stereocenters. The van der Waals surface area contributed by atoms with Crippen LogP contribution in [0.2, 0.25) is 0 Å². The van der Waals surface area contributed by atoms with E-state index in [4.69, 9.17) is 9.84 Å². The Kier molecular flexibility index (Phi) is 5.11. The van der Waals surface area contributed by atoms with Crippen molar-refractivity contribution in [2.75, 3.05) is 19.7 Å². The standard InChI is InChI=1S/C20H25N3O3/c1-5-26-19(24)12-22-11-18(13(2)3)23-17(20(22)25)10-16(21-23)15-8-6-14(4)7-9-15/h6-10,13,18H,5,11-12H2,1-4H3. The normalized spacial score (nSPS) is 16.7. The number of aromatic nitrogens is 2. The number of esters is 1. The Morgan fingerprint density at radius 2 is 2.00 bits per heavy atom. The summed E-state index contributed by atoms with van der Waals surface area (Å²) in [4.78, 5) is 26.3. The molecule has 1 aliphatic heterocycles. The molecule has 0 saturated heterocycles. The van der Waals surface area contributed by atoms with Crippen molar-refractivity contribution >= 4 is 11.9 Å². The quantitative estimate of drug-likeness (QED) is 0.773. The number of rotatable bonds is 5. The number of carbonyl (C=O) groups excluding carboxylic acids is 2. The van der Waals surface area contributed by atoms with Crippen LogP contribution in [0.1, 0.15) is 42.9 Å². The van der Waals surface area contributed by atoms with Gasteiger partial charge in [0, 0.05) is 12.1 Å². The highest BCUT2D eigenvalue weighted by Gasteiger charge is 2.35. The Morgan fingerprint density at radius 1 is 1.31 bits per heavy atom. The van der Waals surface area contributed by atoms with Gasteiger partial charge in [-0.2, -0.15) is 5.10 Å². The van der Waals surface area contributed by atoms with E-state index in [0.29, 0.717) is 18.8 Å². The molecule has 1 aliphatic rings. The first-order chi connectivity index (χ1) is 12.4. The summed E-state index contributed by atoms with van der Waals surface area (Å²) in [6.45, 7) is 8.73. The molecule has 2 aromatic rings. The fraction of sp³-hybridized carbons (Fsp3) is 0.450. The molecule has 0 spiro atoms. The van der Waals surface area contributed by atoms with E-state index in [2.05, 4.69) is 13.8 Å². The summed E-state index contributed by atoms with van der Waals surface area (Å²) >= 11 is 0. The summed E-state index contributed by atoms with van der Waals surface area (Å²) in [5, 5.41) is 4.71. The zero-order valence-corrected chi connectivity index (χ0v) is 15.7. The number of hydrogen-bond acceptors (Lipinski definition) is 4. The third kappa shape index (κ3) is 3.49. The molecule has 0 fully saturated rings. The first-order valence-electron chi connectivity index (χ1n) is 9.02. The first-order valence-corrected chi connectivity index (χ1v) is 9.02. The van der Waals surface area contributed by atoms with Crippen LogP contribution >= 0.6 is 0 Å². The molecule has 26 heavy (non-hydrogen) atoms. The molecular formula is C20H25N3O3. The van der Waals surface area contributed by atoms with Gasteiger partial charge in [-0.25, -0.2) is 0 Å². The van der Waals surface area contributed by atoms with Crippen molar-refractivity contribution < 1.29 is 14.3 Å². The number of nitrogens with zero attached hydrogens (tertiary/aromatic N) is 3. The topological polar surface area (TPSA) is 64.4 Å². The highest BCUT2D eigenvalue weighted by Crippen LogP contribution is 2.30. The van der Waals surface area contributed by atoms with Crippen molar-refractivity contribution in [1.29, 1.82) is 0 Å². The van der Waals surface area contributed by atoms with Crippen LogP contribution in [0.15, 0.2) is 30.3 Å². The minimum absolute atomic E-state index is 0.0244. The zero-order valence-electron chi connectivity index (χ0n) is 15.7. The maximum Gasteiger partial charge on any atom is 0.325 e. The molecule has 1 aromatic carbocycles. The molecule has 1 amide bonds. The van der Waals surface area contributed by atoms with Crippen molar-refractivity contribution in [1.82, 2.24) is 14.7 Å². The van der Waals surface area contributed by atoms with Crippen LogP contribution in [0, 0.1) is 12.8 Å². The van der Waals surface area contributed by atoms with E-state index in [0.717, 1.165) is 11.3 Å². The molecule has 6 heteroatoms. The molecule has 138 valence electrons. The molecule has 1 unspecified atom stereocenters. The summed E-state index contributed by atoms with van der Waals surface area (Å²) in [7, 11) is 0. The third-order valence-corrected chi connectivity index (χ3v) is 4.71. The highest BCUT2D eigenvalue weighted by atomic mass is 16.5. The lowest BCUT2D eigenvalue weighted by Crippen LogP contribution is -2.47. The van der Waals surface area contributed by atoms with Crippen LogP contribution in [-0.4, -0.2) is 46.3 Å². The lowest BCUT2D eigenvalue weighted by molar-refractivity contribution is -0.144. The maximum atomic E-state index is 12.9. The van der Waals surface area contributed by atoms with Gasteiger partial charge in [0.05, 0.1) is 18.3 Å². The average Bonchev–Trinajstić information content (AvgIpc) is 3.03. The maximum absolute atomic E-state index is 12.9. The van der Waals surface area contributed by atoms with Gasteiger partial charge in [0.25, 0.3) is 5.91 Å². The van der Waals surface area contributed by atoms with Gasteiger partial charge in [0.15, 0.2) is 0 Å². The fourth-order valence-corrected chi connectivity index (χ4v) is 3.21. The predicted molar refractivity (Wildman–Crippen MR) is 98.8 cm³/mol. The van der Waals surface area contributed by atoms with E-state index in [1.54, 1.807) is 11.8 Å². The van der Waals surface area contributed by atoms with Crippen molar-refractivity contribution in [3.05, 3.63) is 41.6 Å². The number of fused-ring (bicyclic) bond motifs is 1. The van der Waals surface area contributed by atoms with Crippen LogP contribution in [0.25, 0.3) is 11.3 Å². The molecule has 3 rings (SSSR count). The summed E-state index contributed by atoms with van der Waals surface area (Å²) < 4.78 is 6.83. The third-order valence-electron chi connectivity index (χ3n) is 4.71. The van der Waals surface area contributed by atoms with Crippen molar-refractivity contribution in [3.63, 3.8) is 0 Å². The van der Waals surface area contributed by atoms with Gasteiger partial charge in [0.1, 0.15) is 12.2 Å². The number of ether oxygens (including phenoxy) is 1. The van der Waals surface area contributed by atoms with Crippen LogP contribution in [0.4, 0.5) is 0 Å². The summed E-state index contributed by atoms with van der Waals surface area (Å²) in [6.07, 6.45) is 0. The van der Waals surface area contributed by atoms with Crippen molar-refractivity contribution in [2.24, 2.45) is 5.92 Å². The average molecular weight is 355 g/mol. The van der Waals surface area contributed by atoms with E-state index in [9.17, 15) is 9.59 Å². The van der Waals surface area contributed by atoms with Gasteiger partial charge < -0.3 is 9.64 Å². The Bertz CT molecular complexity index is 808. The van der Waals surface area contributed by atoms with Crippen LogP contribution in [0.5, 0.6) is 0 Å². The monoisotopic (exact) mass is 355 g/mol. The summed E-state index contributed by atoms with van der Waals surface area (Å²) in [5.74, 6) is -0.284. The predicted octanol–water partition coefficient (Wildman–Crippen LogP) is 3.07. The smallest absolute Gasteiger partial charge is 0.325 e. The molecule has 2 heterocycles. The van der Waals surface area contributed by atoms with Crippen molar-refractivity contribution in [2.45, 2.75) is 33.7 Å². The van der Waals surface area contributed by atoms with E-state index in [-0.39, 0.29) is 30.4 Å². The molecule has 0 radical (unpaired) electrons. The molecule has 0 N–H and O–H groups in total. The van der Waals surface area contributed by atoms with Crippen LogP contribution in [-0.2, 0) is 9.53 Å². The number of aryl methyl sites for hydroxylation is 1. The number of carbonyl (C=O) groups is 2. The van der Waals surface area contributed by atoms with Gasteiger partial charge in [-0.1, -0.05) is 43.7 Å². The van der Waals surface area contributed by atoms with E-state index < -0.39 is 0 Å². The van der Waals surface area contributed by atoms with Crippen molar-refractivity contribution in [3.8, 4) is 11.3 Å². The second-order valence-electron chi connectivity index (χ2n) is 7.03. The lowest BCUT2D eigenvalue weighted by atomic mass is 10.0. The molecular weight excluding hydrogens is 330 g/mol. The van der Waals surface area contributed by atoms with Gasteiger partial charge >= 0.3 is 5.97 Å². The first kappa shape index (κ1) is 18.2. The van der Waals surface area contributed by atoms with Gasteiger partial charge in [-0.3, -0.25) is 14.3 Å². The highest BCUT2D eigenvalue weighted by molar-refractivity contribution is 5.96. The van der Waals surface area contributed by atoms with Crippen LogP contribution in [0.3, 0.4) is 0 Å². The number of hydrogen-bond donors (Lipinski definition) is 0. The Labute approximate surface area is 153 Å². The molecule has 0 saturated carbocycles. The minimum Gasteiger partial charge on any atom is -0.465 e. The second-order valence-corrected chi connectivity index (χ2v) is 7.03. The largest absolute Gasteiger partial charge is 0.465 e. The zero-order chi connectivity index (χ0) is 18.8.